The van der Waals surface area contributed by atoms with Crippen LogP contribution in [0.4, 0.5) is 0 Å². The first-order chi connectivity index (χ1) is 12.2. The Morgan fingerprint density at radius 3 is 2.40 bits per heavy atom. The molecular formula is C20H17BrN2O2. The standard InChI is InChI=1S/C20H17BrN2O2/c21-16-9-11-17(12-10-16)25-14-19(24)23-20(15-6-2-1-3-7-15)18-8-4-5-13-22-18/h1-13,20H,14H2,(H,23,24). The van der Waals surface area contributed by atoms with Gasteiger partial charge < -0.3 is 10.1 Å². The molecule has 3 aromatic rings. The second-order valence-corrected chi connectivity index (χ2v) is 6.32. The van der Waals surface area contributed by atoms with Gasteiger partial charge in [0, 0.05) is 10.7 Å². The van der Waals surface area contributed by atoms with Gasteiger partial charge in [0.15, 0.2) is 6.61 Å². The van der Waals surface area contributed by atoms with E-state index >= 15 is 0 Å². The van der Waals surface area contributed by atoms with Crippen molar-refractivity contribution in [2.75, 3.05) is 6.61 Å². The number of hydrogen-bond acceptors (Lipinski definition) is 3. The number of nitrogens with zero attached hydrogens (tertiary/aromatic N) is 1. The number of amides is 1. The summed E-state index contributed by atoms with van der Waals surface area (Å²) in [5.41, 5.74) is 1.75. The number of benzene rings is 2. The fraction of sp³-hybridized carbons (Fsp3) is 0.100. The maximum Gasteiger partial charge on any atom is 0.258 e. The predicted octanol–water partition coefficient (Wildman–Crippen LogP) is 4.13. The van der Waals surface area contributed by atoms with Gasteiger partial charge in [-0.25, -0.2) is 0 Å². The van der Waals surface area contributed by atoms with Crippen LogP contribution in [-0.4, -0.2) is 17.5 Å². The highest BCUT2D eigenvalue weighted by Gasteiger charge is 2.18. The molecule has 0 aliphatic carbocycles. The van der Waals surface area contributed by atoms with Gasteiger partial charge in [-0.05, 0) is 42.0 Å². The molecule has 1 unspecified atom stereocenters. The van der Waals surface area contributed by atoms with Gasteiger partial charge in [-0.2, -0.15) is 0 Å². The van der Waals surface area contributed by atoms with Crippen molar-refractivity contribution >= 4 is 21.8 Å². The summed E-state index contributed by atoms with van der Waals surface area (Å²) in [6.45, 7) is -0.0577. The second-order valence-electron chi connectivity index (χ2n) is 5.41. The highest BCUT2D eigenvalue weighted by Crippen LogP contribution is 2.20. The lowest BCUT2D eigenvalue weighted by Gasteiger charge is -2.19. The summed E-state index contributed by atoms with van der Waals surface area (Å²) in [5.74, 6) is 0.440. The van der Waals surface area contributed by atoms with Gasteiger partial charge in [0.25, 0.3) is 5.91 Å². The van der Waals surface area contributed by atoms with Crippen LogP contribution in [0.2, 0.25) is 0 Å². The minimum atomic E-state index is -0.316. The fourth-order valence-corrected chi connectivity index (χ4v) is 2.67. The van der Waals surface area contributed by atoms with Crippen molar-refractivity contribution in [1.29, 1.82) is 0 Å². The largest absolute Gasteiger partial charge is 0.484 e. The smallest absolute Gasteiger partial charge is 0.258 e. The number of nitrogens with one attached hydrogen (secondary N) is 1. The molecule has 1 aromatic heterocycles. The molecule has 0 aliphatic rings. The maximum atomic E-state index is 12.4. The average molecular weight is 397 g/mol. The Morgan fingerprint density at radius 1 is 1.00 bits per heavy atom. The van der Waals surface area contributed by atoms with E-state index < -0.39 is 0 Å². The lowest BCUT2D eigenvalue weighted by Crippen LogP contribution is -2.33. The predicted molar refractivity (Wildman–Crippen MR) is 100 cm³/mol. The molecule has 0 saturated carbocycles. The first-order valence-electron chi connectivity index (χ1n) is 7.86. The minimum Gasteiger partial charge on any atom is -0.484 e. The van der Waals surface area contributed by atoms with Crippen LogP contribution >= 0.6 is 15.9 Å². The number of rotatable bonds is 6. The molecule has 2 aromatic carbocycles. The number of carbonyl (C=O) groups is 1. The molecule has 0 saturated heterocycles. The van der Waals surface area contributed by atoms with Crippen molar-refractivity contribution in [1.82, 2.24) is 10.3 Å². The van der Waals surface area contributed by atoms with Crippen LogP contribution in [-0.2, 0) is 4.79 Å². The molecule has 25 heavy (non-hydrogen) atoms. The maximum absolute atomic E-state index is 12.4. The number of aromatic nitrogens is 1. The summed E-state index contributed by atoms with van der Waals surface area (Å²) < 4.78 is 6.50. The number of ether oxygens (including phenoxy) is 1. The number of carbonyl (C=O) groups excluding carboxylic acids is 1. The number of halogens is 1. The third-order valence-corrected chi connectivity index (χ3v) is 4.13. The first-order valence-corrected chi connectivity index (χ1v) is 8.65. The van der Waals surface area contributed by atoms with Crippen molar-refractivity contribution in [2.45, 2.75) is 6.04 Å². The summed E-state index contributed by atoms with van der Waals surface area (Å²) in [4.78, 5) is 16.7. The van der Waals surface area contributed by atoms with Gasteiger partial charge in [0.05, 0.1) is 11.7 Å². The van der Waals surface area contributed by atoms with Gasteiger partial charge in [-0.3, -0.25) is 9.78 Å². The van der Waals surface area contributed by atoms with Gasteiger partial charge >= 0.3 is 0 Å². The third kappa shape index (κ3) is 4.90. The van der Waals surface area contributed by atoms with Gasteiger partial charge in [-0.15, -0.1) is 0 Å². The van der Waals surface area contributed by atoms with E-state index in [9.17, 15) is 4.79 Å². The van der Waals surface area contributed by atoms with Gasteiger partial charge in [0.1, 0.15) is 5.75 Å². The summed E-state index contributed by atoms with van der Waals surface area (Å²) in [6, 6.07) is 22.5. The highest BCUT2D eigenvalue weighted by molar-refractivity contribution is 9.10. The van der Waals surface area contributed by atoms with Crippen LogP contribution in [0.25, 0.3) is 0 Å². The van der Waals surface area contributed by atoms with E-state index in [2.05, 4.69) is 26.2 Å². The molecule has 1 atom stereocenters. The van der Waals surface area contributed by atoms with Crippen LogP contribution in [0, 0.1) is 0 Å². The van der Waals surface area contributed by atoms with E-state index in [0.717, 1.165) is 15.7 Å². The quantitative estimate of drug-likeness (QED) is 0.681. The molecule has 126 valence electrons. The van der Waals surface area contributed by atoms with Gasteiger partial charge in [0.2, 0.25) is 0 Å². The molecule has 0 radical (unpaired) electrons. The Kier molecular flexibility index (Phi) is 5.80. The van der Waals surface area contributed by atoms with Crippen LogP contribution in [0.15, 0.2) is 83.5 Å². The SMILES string of the molecule is O=C(COc1ccc(Br)cc1)NC(c1ccccc1)c1ccccn1. The molecule has 0 fully saturated rings. The van der Waals surface area contributed by atoms with E-state index in [4.69, 9.17) is 4.74 Å². The molecule has 0 aliphatic heterocycles. The van der Waals surface area contributed by atoms with Crippen molar-refractivity contribution < 1.29 is 9.53 Å². The molecule has 1 heterocycles. The Bertz CT molecular complexity index is 769. The van der Waals surface area contributed by atoms with E-state index in [1.165, 1.54) is 0 Å². The monoisotopic (exact) mass is 396 g/mol. The lowest BCUT2D eigenvalue weighted by atomic mass is 10.0. The molecule has 3 rings (SSSR count). The van der Waals surface area contributed by atoms with Crippen molar-refractivity contribution in [2.24, 2.45) is 0 Å². The summed E-state index contributed by atoms with van der Waals surface area (Å²) in [6.07, 6.45) is 1.72. The zero-order valence-corrected chi connectivity index (χ0v) is 15.0. The topological polar surface area (TPSA) is 51.2 Å². The molecule has 4 nitrogen and oxygen atoms in total. The number of pyridine rings is 1. The summed E-state index contributed by atoms with van der Waals surface area (Å²) >= 11 is 3.37. The average Bonchev–Trinajstić information content (AvgIpc) is 2.67. The Hall–Kier alpha value is -2.66. The zero-order chi connectivity index (χ0) is 17.5. The Morgan fingerprint density at radius 2 is 1.72 bits per heavy atom. The van der Waals surface area contributed by atoms with Crippen molar-refractivity contribution in [3.05, 3.63) is 94.7 Å². The molecule has 5 heteroatoms. The fourth-order valence-electron chi connectivity index (χ4n) is 2.40. The normalized spacial score (nSPS) is 11.6. The molecule has 0 bridgehead atoms. The number of hydrogen-bond donors (Lipinski definition) is 1. The van der Waals surface area contributed by atoms with Crippen LogP contribution in [0.5, 0.6) is 5.75 Å². The lowest BCUT2D eigenvalue weighted by molar-refractivity contribution is -0.123. The van der Waals surface area contributed by atoms with E-state index in [1.807, 2.05) is 72.8 Å². The van der Waals surface area contributed by atoms with Crippen LogP contribution < -0.4 is 10.1 Å². The summed E-state index contributed by atoms with van der Waals surface area (Å²) in [5, 5.41) is 3.00. The van der Waals surface area contributed by atoms with Gasteiger partial charge in [-0.1, -0.05) is 52.3 Å². The van der Waals surface area contributed by atoms with E-state index in [-0.39, 0.29) is 18.6 Å². The zero-order valence-electron chi connectivity index (χ0n) is 13.4. The second kappa shape index (κ2) is 8.44. The van der Waals surface area contributed by atoms with Crippen molar-refractivity contribution in [3.63, 3.8) is 0 Å². The van der Waals surface area contributed by atoms with Crippen LogP contribution in [0.1, 0.15) is 17.3 Å². The Labute approximate surface area is 155 Å². The van der Waals surface area contributed by atoms with E-state index in [1.54, 1.807) is 6.20 Å². The van der Waals surface area contributed by atoms with E-state index in [0.29, 0.717) is 5.75 Å². The summed E-state index contributed by atoms with van der Waals surface area (Å²) in [7, 11) is 0. The Balaban J connectivity index is 1.69. The van der Waals surface area contributed by atoms with Crippen molar-refractivity contribution in [3.8, 4) is 5.75 Å². The molecule has 0 spiro atoms. The highest BCUT2D eigenvalue weighted by atomic mass is 79.9. The molecule has 1 amide bonds. The molecule has 1 N–H and O–H groups in total. The first kappa shape index (κ1) is 17.2. The minimum absolute atomic E-state index is 0.0577. The molecular weight excluding hydrogens is 380 g/mol. The third-order valence-electron chi connectivity index (χ3n) is 3.61. The van der Waals surface area contributed by atoms with Crippen LogP contribution in [0.3, 0.4) is 0 Å².